The Morgan fingerprint density at radius 2 is 0.767 bits per heavy atom. The van der Waals surface area contributed by atoms with Crippen molar-refractivity contribution in [1.82, 2.24) is 0 Å². The van der Waals surface area contributed by atoms with Crippen molar-refractivity contribution in [3.05, 3.63) is 129 Å². The van der Waals surface area contributed by atoms with Gasteiger partial charge in [0, 0.05) is 9.52 Å². The van der Waals surface area contributed by atoms with Gasteiger partial charge in [0.2, 0.25) is 0 Å². The standard InChI is InChI=1S/2C21H17F6.C2H6Si.2ClH.Zr/c2*1-3-4-13-7-14-6-5-12(2)19(18(14)8-13)15-9-16(20(22,23)24)11-17(10-15)21(25,26)27;1-3-2;;;/h2*5-11H,3-4H2,1-2H3;1-2H3;2*1H;/q2*-1;;;;+4/p-2. The first-order chi connectivity index (χ1) is 27.8. The molecule has 322 valence electrons. The molecule has 0 fully saturated rings. The number of aryl methyl sites for hydroxylation is 4. The first-order valence-corrected chi connectivity index (χ1v) is 26.7. The molecule has 0 atom stereocenters. The van der Waals surface area contributed by atoms with Crippen molar-refractivity contribution in [2.45, 2.75) is 91.2 Å². The SMILES string of the molecule is CCCc1cc2c(-c3cc(C(F)(F)F)cc(C(F)(F)F)c3)c(C)ccc2[cH-]1.CCCc1cc2c(-c3cc(C(F)(F)F)cc(C(F)(F)F)c3)c(C)ccc2[cH-]1.C[Si]C.[Cl][Zr+2][Cl]. The Bertz CT molecular complexity index is 2100. The van der Waals surface area contributed by atoms with Gasteiger partial charge in [-0.15, -0.1) is 69.1 Å². The minimum atomic E-state index is -4.86. The van der Waals surface area contributed by atoms with Crippen LogP contribution in [0.5, 0.6) is 0 Å². The van der Waals surface area contributed by atoms with Crippen LogP contribution in [0.3, 0.4) is 0 Å². The molecule has 6 aromatic carbocycles. The summed E-state index contributed by atoms with van der Waals surface area (Å²) in [6, 6.07) is 18.2. The molecule has 0 aromatic heterocycles. The molecule has 0 saturated heterocycles. The molecule has 2 radical (unpaired) electrons. The van der Waals surface area contributed by atoms with Crippen molar-refractivity contribution < 1.29 is 73.5 Å². The Labute approximate surface area is 362 Å². The van der Waals surface area contributed by atoms with E-state index in [0.29, 0.717) is 33.0 Å². The molecular formula is C44H40Cl2F12SiZr. The summed E-state index contributed by atoms with van der Waals surface area (Å²) in [4.78, 5) is 0. The zero-order valence-electron chi connectivity index (χ0n) is 33.2. The molecule has 0 heterocycles. The van der Waals surface area contributed by atoms with Crippen LogP contribution in [0.15, 0.2) is 84.9 Å². The molecule has 0 spiro atoms. The molecule has 0 nitrogen and oxygen atoms in total. The van der Waals surface area contributed by atoms with E-state index < -0.39 is 67.8 Å². The molecule has 6 aromatic rings. The van der Waals surface area contributed by atoms with E-state index in [2.05, 4.69) is 13.1 Å². The third kappa shape index (κ3) is 13.5. The van der Waals surface area contributed by atoms with Gasteiger partial charge in [-0.25, -0.2) is 0 Å². The van der Waals surface area contributed by atoms with Gasteiger partial charge in [0.15, 0.2) is 0 Å². The second kappa shape index (κ2) is 21.3. The van der Waals surface area contributed by atoms with Gasteiger partial charge in [0.25, 0.3) is 0 Å². The van der Waals surface area contributed by atoms with Crippen LogP contribution in [0.2, 0.25) is 13.1 Å². The van der Waals surface area contributed by atoms with Crippen molar-refractivity contribution in [1.29, 1.82) is 0 Å². The van der Waals surface area contributed by atoms with Crippen molar-refractivity contribution in [2.75, 3.05) is 0 Å². The number of alkyl halides is 12. The van der Waals surface area contributed by atoms with Crippen LogP contribution in [-0.2, 0) is 58.4 Å². The zero-order valence-corrected chi connectivity index (χ0v) is 38.2. The molecule has 60 heavy (non-hydrogen) atoms. The van der Waals surface area contributed by atoms with E-state index in [0.717, 1.165) is 81.4 Å². The average molecular weight is 987 g/mol. The average Bonchev–Trinajstić information content (AvgIpc) is 3.74. The van der Waals surface area contributed by atoms with E-state index in [-0.39, 0.29) is 23.3 Å². The van der Waals surface area contributed by atoms with E-state index in [4.69, 9.17) is 17.0 Å². The fourth-order valence-electron chi connectivity index (χ4n) is 6.74. The van der Waals surface area contributed by atoms with Gasteiger partial charge in [-0.1, -0.05) is 62.0 Å². The number of benzene rings is 4. The number of hydrogen-bond donors (Lipinski definition) is 0. The van der Waals surface area contributed by atoms with Crippen LogP contribution >= 0.6 is 17.0 Å². The van der Waals surface area contributed by atoms with Gasteiger partial charge >= 0.3 is 62.6 Å². The summed E-state index contributed by atoms with van der Waals surface area (Å²) in [5.74, 6) is 0. The zero-order chi connectivity index (χ0) is 45.4. The fraction of sp³-hybridized carbons (Fsp3) is 0.318. The summed E-state index contributed by atoms with van der Waals surface area (Å²) in [5, 5.41) is 2.96. The molecule has 0 aliphatic carbocycles. The second-order valence-electron chi connectivity index (χ2n) is 13.9. The quantitative estimate of drug-likeness (QED) is 0.0886. The summed E-state index contributed by atoms with van der Waals surface area (Å²) in [6.45, 7) is 11.7. The Hall–Kier alpha value is -3.06. The Morgan fingerprint density at radius 3 is 1.00 bits per heavy atom. The van der Waals surface area contributed by atoms with E-state index >= 15 is 0 Å². The number of hydrogen-bond acceptors (Lipinski definition) is 0. The summed E-state index contributed by atoms with van der Waals surface area (Å²) in [5.41, 5.74) is -1.25. The van der Waals surface area contributed by atoms with E-state index in [1.807, 2.05) is 50.2 Å². The normalized spacial score (nSPS) is 11.9. The molecule has 6 rings (SSSR count). The minimum absolute atomic E-state index is 0.0751. The summed E-state index contributed by atoms with van der Waals surface area (Å²) in [6.07, 6.45) is -16.1. The van der Waals surface area contributed by atoms with Crippen LogP contribution < -0.4 is 0 Å². The van der Waals surface area contributed by atoms with Crippen LogP contribution in [0.25, 0.3) is 43.8 Å². The molecule has 0 amide bonds. The van der Waals surface area contributed by atoms with Crippen LogP contribution in [-0.4, -0.2) is 9.52 Å². The Kier molecular flexibility index (Phi) is 18.2. The predicted octanol–water partition coefficient (Wildman–Crippen LogP) is 17.2. The molecular weight excluding hydrogens is 947 g/mol. The van der Waals surface area contributed by atoms with Gasteiger partial charge in [0.1, 0.15) is 0 Å². The van der Waals surface area contributed by atoms with E-state index in [1.165, 1.54) is 0 Å². The first kappa shape index (κ1) is 51.3. The van der Waals surface area contributed by atoms with E-state index in [9.17, 15) is 52.7 Å². The summed E-state index contributed by atoms with van der Waals surface area (Å²) in [7, 11) is 11.0. The molecule has 0 N–H and O–H groups in total. The molecule has 16 heteroatoms. The number of rotatable bonds is 6. The van der Waals surface area contributed by atoms with Crippen molar-refractivity contribution in [3.63, 3.8) is 0 Å². The summed E-state index contributed by atoms with van der Waals surface area (Å²) >= 11 is -0.826. The maximum atomic E-state index is 13.2. The number of fused-ring (bicyclic) bond motifs is 2. The van der Waals surface area contributed by atoms with Gasteiger partial charge in [-0.05, 0) is 74.2 Å². The van der Waals surface area contributed by atoms with Crippen LogP contribution in [0.4, 0.5) is 52.7 Å². The Balaban J connectivity index is 0.000000283. The number of halogens is 14. The topological polar surface area (TPSA) is 0 Å². The van der Waals surface area contributed by atoms with Gasteiger partial charge < -0.3 is 0 Å². The fourth-order valence-corrected chi connectivity index (χ4v) is 6.74. The van der Waals surface area contributed by atoms with Gasteiger partial charge in [-0.3, -0.25) is 0 Å². The summed E-state index contributed by atoms with van der Waals surface area (Å²) < 4.78 is 158. The van der Waals surface area contributed by atoms with E-state index in [1.54, 1.807) is 26.0 Å². The Morgan fingerprint density at radius 1 is 0.500 bits per heavy atom. The third-order valence-corrected chi connectivity index (χ3v) is 9.15. The van der Waals surface area contributed by atoms with Crippen molar-refractivity contribution in [3.8, 4) is 22.3 Å². The molecule has 0 saturated carbocycles. The predicted molar refractivity (Wildman–Crippen MR) is 217 cm³/mol. The maximum absolute atomic E-state index is 13.2. The first-order valence-electron chi connectivity index (χ1n) is 18.4. The molecule has 0 aliphatic rings. The van der Waals surface area contributed by atoms with Crippen molar-refractivity contribution in [2.24, 2.45) is 0 Å². The van der Waals surface area contributed by atoms with Gasteiger partial charge in [-0.2, -0.15) is 64.8 Å². The monoisotopic (exact) mass is 984 g/mol. The van der Waals surface area contributed by atoms with Gasteiger partial charge in [0.05, 0.1) is 22.3 Å². The molecule has 0 aliphatic heterocycles. The van der Waals surface area contributed by atoms with Crippen LogP contribution in [0, 0.1) is 13.8 Å². The van der Waals surface area contributed by atoms with Crippen molar-refractivity contribution >= 4 is 48.1 Å². The molecule has 0 bridgehead atoms. The second-order valence-corrected chi connectivity index (χ2v) is 18.6. The molecule has 0 unspecified atom stereocenters. The third-order valence-electron chi connectivity index (χ3n) is 9.15. The van der Waals surface area contributed by atoms with Crippen LogP contribution in [0.1, 0.15) is 71.2 Å².